The van der Waals surface area contributed by atoms with Gasteiger partial charge in [-0.15, -0.1) is 0 Å². The Kier molecular flexibility index (Phi) is 8.16. The zero-order chi connectivity index (χ0) is 26.5. The Morgan fingerprint density at radius 1 is 1.00 bits per heavy atom. The average molecular weight is 506 g/mol. The molecule has 2 aromatic rings. The van der Waals surface area contributed by atoms with Crippen molar-refractivity contribution < 1.29 is 23.9 Å². The number of hydrogen-bond donors (Lipinski definition) is 0. The summed E-state index contributed by atoms with van der Waals surface area (Å²) in [7, 11) is 1.65. The minimum absolute atomic E-state index is 0.0945. The maximum absolute atomic E-state index is 13.3. The number of allylic oxidation sites excluding steroid dienone is 1. The second kappa shape index (κ2) is 11.5. The van der Waals surface area contributed by atoms with Crippen LogP contribution in [0.4, 0.5) is 5.69 Å². The molecule has 2 aliphatic rings. The van der Waals surface area contributed by atoms with Gasteiger partial charge < -0.3 is 24.2 Å². The van der Waals surface area contributed by atoms with Crippen molar-refractivity contribution in [1.29, 1.82) is 0 Å². The van der Waals surface area contributed by atoms with Gasteiger partial charge in [0.1, 0.15) is 12.3 Å². The van der Waals surface area contributed by atoms with Crippen LogP contribution in [0.15, 0.2) is 59.8 Å². The lowest BCUT2D eigenvalue weighted by Gasteiger charge is -2.39. The number of benzene rings is 2. The Labute approximate surface area is 218 Å². The highest BCUT2D eigenvalue weighted by molar-refractivity contribution is 5.97. The summed E-state index contributed by atoms with van der Waals surface area (Å²) in [6.07, 6.45) is 0.115. The number of hydrogen-bond acceptors (Lipinski definition) is 6. The Bertz CT molecular complexity index is 1200. The number of aryl methyl sites for hydroxylation is 1. The fourth-order valence-corrected chi connectivity index (χ4v) is 5.17. The van der Waals surface area contributed by atoms with Crippen molar-refractivity contribution in [2.75, 3.05) is 51.3 Å². The van der Waals surface area contributed by atoms with Crippen LogP contribution in [0.5, 0.6) is 5.75 Å². The highest BCUT2D eigenvalue weighted by Crippen LogP contribution is 2.37. The van der Waals surface area contributed by atoms with Gasteiger partial charge in [0.05, 0.1) is 25.0 Å². The fraction of sp³-hybridized carbons (Fsp3) is 0.414. The van der Waals surface area contributed by atoms with Crippen molar-refractivity contribution in [3.05, 3.63) is 70.9 Å². The summed E-state index contributed by atoms with van der Waals surface area (Å²) in [6.45, 7) is 8.03. The Hall–Kier alpha value is -3.81. The standard InChI is InChI=1S/C29H35N3O5/c1-5-37-29(35)28-21(3)32(26(33)18-23(28)22-10-8-9-20(2)17-22)19-27(34)31-15-13-30(14-16-31)24-11-6-7-12-25(24)36-4/h6-12,17,23H,5,13-16,18-19H2,1-4H3. The van der Waals surface area contributed by atoms with Crippen LogP contribution in [0.3, 0.4) is 0 Å². The first-order valence-corrected chi connectivity index (χ1v) is 12.7. The van der Waals surface area contributed by atoms with Gasteiger partial charge in [-0.05, 0) is 38.5 Å². The Balaban J connectivity index is 1.50. The number of methoxy groups -OCH3 is 1. The highest BCUT2D eigenvalue weighted by Gasteiger charge is 2.38. The molecule has 2 amide bonds. The lowest BCUT2D eigenvalue weighted by molar-refractivity contribution is -0.142. The third kappa shape index (κ3) is 5.63. The van der Waals surface area contributed by atoms with E-state index in [0.29, 0.717) is 37.4 Å². The van der Waals surface area contributed by atoms with Gasteiger partial charge in [0, 0.05) is 44.2 Å². The molecular weight excluding hydrogens is 470 g/mol. The largest absolute Gasteiger partial charge is 0.495 e. The molecule has 196 valence electrons. The average Bonchev–Trinajstić information content (AvgIpc) is 2.90. The predicted molar refractivity (Wildman–Crippen MR) is 141 cm³/mol. The number of nitrogens with zero attached hydrogens (tertiary/aromatic N) is 3. The number of anilines is 1. The van der Waals surface area contributed by atoms with Crippen LogP contribution in [-0.4, -0.2) is 74.0 Å². The van der Waals surface area contributed by atoms with Crippen molar-refractivity contribution in [2.45, 2.75) is 33.1 Å². The van der Waals surface area contributed by atoms with E-state index in [1.807, 2.05) is 55.5 Å². The summed E-state index contributed by atoms with van der Waals surface area (Å²) >= 11 is 0. The molecule has 2 heterocycles. The molecule has 0 saturated carbocycles. The van der Waals surface area contributed by atoms with Crippen molar-refractivity contribution in [3.8, 4) is 5.75 Å². The molecule has 37 heavy (non-hydrogen) atoms. The summed E-state index contributed by atoms with van der Waals surface area (Å²) in [5.41, 5.74) is 3.89. The quantitative estimate of drug-likeness (QED) is 0.536. The van der Waals surface area contributed by atoms with E-state index in [-0.39, 0.29) is 31.4 Å². The molecule has 1 saturated heterocycles. The van der Waals surface area contributed by atoms with E-state index in [9.17, 15) is 14.4 Å². The monoisotopic (exact) mass is 505 g/mol. The van der Waals surface area contributed by atoms with Crippen molar-refractivity contribution in [3.63, 3.8) is 0 Å². The maximum atomic E-state index is 13.3. The Morgan fingerprint density at radius 2 is 1.73 bits per heavy atom. The fourth-order valence-electron chi connectivity index (χ4n) is 5.17. The van der Waals surface area contributed by atoms with Crippen LogP contribution in [0.25, 0.3) is 0 Å². The van der Waals surface area contributed by atoms with E-state index in [1.165, 1.54) is 4.90 Å². The van der Waals surface area contributed by atoms with Gasteiger partial charge in [0.2, 0.25) is 11.8 Å². The van der Waals surface area contributed by atoms with Crippen molar-refractivity contribution in [1.82, 2.24) is 9.80 Å². The minimum Gasteiger partial charge on any atom is -0.495 e. The summed E-state index contributed by atoms with van der Waals surface area (Å²) in [6, 6.07) is 15.7. The zero-order valence-electron chi connectivity index (χ0n) is 22.0. The summed E-state index contributed by atoms with van der Waals surface area (Å²) in [5, 5.41) is 0. The van der Waals surface area contributed by atoms with Crippen molar-refractivity contribution in [2.24, 2.45) is 0 Å². The number of esters is 1. The molecular formula is C29H35N3O5. The lowest BCUT2D eigenvalue weighted by Crippen LogP contribution is -2.52. The summed E-state index contributed by atoms with van der Waals surface area (Å²) in [4.78, 5) is 45.0. The molecule has 1 fully saturated rings. The number of rotatable bonds is 7. The van der Waals surface area contributed by atoms with Gasteiger partial charge in [-0.2, -0.15) is 0 Å². The van der Waals surface area contributed by atoms with Crippen LogP contribution < -0.4 is 9.64 Å². The van der Waals surface area contributed by atoms with Gasteiger partial charge in [-0.1, -0.05) is 42.0 Å². The van der Waals surface area contributed by atoms with Gasteiger partial charge in [0.25, 0.3) is 0 Å². The molecule has 1 atom stereocenters. The second-order valence-corrected chi connectivity index (χ2v) is 9.41. The van der Waals surface area contributed by atoms with Gasteiger partial charge in [-0.3, -0.25) is 9.59 Å². The van der Waals surface area contributed by atoms with Crippen molar-refractivity contribution >= 4 is 23.5 Å². The number of carbonyl (C=O) groups is 3. The van der Waals surface area contributed by atoms with E-state index < -0.39 is 11.9 Å². The van der Waals surface area contributed by atoms with Crippen LogP contribution in [0.2, 0.25) is 0 Å². The molecule has 1 unspecified atom stereocenters. The molecule has 0 N–H and O–H groups in total. The molecule has 8 nitrogen and oxygen atoms in total. The maximum Gasteiger partial charge on any atom is 0.336 e. The van der Waals surface area contributed by atoms with Crippen LogP contribution >= 0.6 is 0 Å². The number of ether oxygens (including phenoxy) is 2. The molecule has 0 bridgehead atoms. The van der Waals surface area contributed by atoms with Crippen LogP contribution in [-0.2, 0) is 19.1 Å². The topological polar surface area (TPSA) is 79.4 Å². The van der Waals surface area contributed by atoms with Gasteiger partial charge >= 0.3 is 5.97 Å². The number of para-hydroxylation sites is 2. The van der Waals surface area contributed by atoms with E-state index in [0.717, 1.165) is 22.6 Å². The number of piperazine rings is 1. The first-order valence-electron chi connectivity index (χ1n) is 12.7. The third-order valence-corrected chi connectivity index (χ3v) is 7.11. The summed E-state index contributed by atoms with van der Waals surface area (Å²) < 4.78 is 10.8. The highest BCUT2D eigenvalue weighted by atomic mass is 16.5. The molecule has 0 spiro atoms. The van der Waals surface area contributed by atoms with E-state index in [2.05, 4.69) is 4.90 Å². The second-order valence-electron chi connectivity index (χ2n) is 9.41. The molecule has 2 aliphatic heterocycles. The predicted octanol–water partition coefficient (Wildman–Crippen LogP) is 3.51. The number of amides is 2. The SMILES string of the molecule is CCOC(=O)C1=C(C)N(CC(=O)N2CCN(c3ccccc3OC)CC2)C(=O)CC1c1cccc(C)c1. The minimum atomic E-state index is -0.443. The molecule has 0 aromatic heterocycles. The molecule has 2 aromatic carbocycles. The van der Waals surface area contributed by atoms with Crippen LogP contribution in [0, 0.1) is 6.92 Å². The van der Waals surface area contributed by atoms with Gasteiger partial charge in [0.15, 0.2) is 0 Å². The lowest BCUT2D eigenvalue weighted by atomic mass is 9.83. The molecule has 0 aliphatic carbocycles. The summed E-state index contributed by atoms with van der Waals surface area (Å²) in [5.74, 6) is -0.344. The van der Waals surface area contributed by atoms with Gasteiger partial charge in [-0.25, -0.2) is 4.79 Å². The number of carbonyl (C=O) groups excluding carboxylic acids is 3. The zero-order valence-corrected chi connectivity index (χ0v) is 22.0. The Morgan fingerprint density at radius 3 is 2.41 bits per heavy atom. The van der Waals surface area contributed by atoms with Crippen LogP contribution in [0.1, 0.15) is 37.3 Å². The molecule has 0 radical (unpaired) electrons. The smallest absolute Gasteiger partial charge is 0.336 e. The first-order chi connectivity index (χ1) is 17.8. The molecule has 4 rings (SSSR count). The first kappa shape index (κ1) is 26.3. The van der Waals surface area contributed by atoms with E-state index in [4.69, 9.17) is 9.47 Å². The van der Waals surface area contributed by atoms with E-state index >= 15 is 0 Å². The third-order valence-electron chi connectivity index (χ3n) is 7.11. The molecule has 8 heteroatoms. The van der Waals surface area contributed by atoms with E-state index in [1.54, 1.807) is 25.9 Å². The normalized spacial score (nSPS) is 18.2.